The summed E-state index contributed by atoms with van der Waals surface area (Å²) in [5.41, 5.74) is 0.796. The Kier molecular flexibility index (Phi) is 5.29. The molecule has 0 radical (unpaired) electrons. The molecule has 0 spiro atoms. The molecule has 4 rings (SSSR count). The molecular formula is C21H20F5N3O. The first-order chi connectivity index (χ1) is 14.3. The highest BCUT2D eigenvalue weighted by molar-refractivity contribution is 5.57. The van der Waals surface area contributed by atoms with Crippen LogP contribution in [0.5, 0.6) is 5.88 Å². The van der Waals surface area contributed by atoms with E-state index in [1.54, 1.807) is 11.8 Å². The van der Waals surface area contributed by atoms with Crippen molar-refractivity contribution in [1.29, 1.82) is 0 Å². The number of nitrogens with zero attached hydrogens (tertiary/aromatic N) is 2. The molecule has 0 aliphatic carbocycles. The maximum atomic E-state index is 14.2. The van der Waals surface area contributed by atoms with Gasteiger partial charge in [-0.2, -0.15) is 13.2 Å². The third-order valence-electron chi connectivity index (χ3n) is 5.38. The monoisotopic (exact) mass is 425 g/mol. The van der Waals surface area contributed by atoms with Gasteiger partial charge in [-0.05, 0) is 31.1 Å². The molecular weight excluding hydrogens is 405 g/mol. The Morgan fingerprint density at radius 2 is 1.97 bits per heavy atom. The van der Waals surface area contributed by atoms with Crippen LogP contribution in [0.2, 0.25) is 0 Å². The van der Waals surface area contributed by atoms with E-state index in [2.05, 4.69) is 10.3 Å². The van der Waals surface area contributed by atoms with E-state index < -0.39 is 29.4 Å². The molecule has 0 fully saturated rings. The number of pyridine rings is 1. The van der Waals surface area contributed by atoms with Gasteiger partial charge in [0.05, 0.1) is 30.1 Å². The number of halogens is 5. The maximum absolute atomic E-state index is 14.2. The number of alkyl halides is 3. The van der Waals surface area contributed by atoms with Crippen molar-refractivity contribution in [2.75, 3.05) is 24.6 Å². The van der Waals surface area contributed by atoms with Gasteiger partial charge in [-0.15, -0.1) is 0 Å². The highest BCUT2D eigenvalue weighted by atomic mass is 19.4. The van der Waals surface area contributed by atoms with E-state index in [1.807, 2.05) is 0 Å². The largest absolute Gasteiger partial charge is 0.478 e. The molecule has 1 aromatic heterocycles. The minimum atomic E-state index is -4.56. The molecule has 2 aliphatic rings. The quantitative estimate of drug-likeness (QED) is 0.702. The number of hydrogen-bond acceptors (Lipinski definition) is 4. The average molecular weight is 425 g/mol. The van der Waals surface area contributed by atoms with Gasteiger partial charge in [0.2, 0.25) is 5.88 Å². The second-order valence-corrected chi connectivity index (χ2v) is 7.26. The van der Waals surface area contributed by atoms with Gasteiger partial charge in [-0.3, -0.25) is 0 Å². The molecule has 0 amide bonds. The van der Waals surface area contributed by atoms with Gasteiger partial charge < -0.3 is 15.0 Å². The van der Waals surface area contributed by atoms with Crippen molar-refractivity contribution in [3.05, 3.63) is 64.5 Å². The first kappa shape index (κ1) is 20.4. The second-order valence-electron chi connectivity index (χ2n) is 7.26. The summed E-state index contributed by atoms with van der Waals surface area (Å²) in [6, 6.07) is 4.04. The second kappa shape index (κ2) is 7.77. The standard InChI is InChI=1S/C21H20F5N3O/c1-2-30-19-9-13(21(24,25)26)18(10-27-19)29-7-6-16-12(11-29)8-17(28-16)20-14(22)4-3-5-15(20)23/h3-5,9-10,17,28H,2,6-8,11H2,1H3. The smallest absolute Gasteiger partial charge is 0.418 e. The minimum Gasteiger partial charge on any atom is -0.478 e. The highest BCUT2D eigenvalue weighted by Gasteiger charge is 2.38. The summed E-state index contributed by atoms with van der Waals surface area (Å²) in [6.07, 6.45) is -2.61. The normalized spacial score (nSPS) is 19.0. The lowest BCUT2D eigenvalue weighted by molar-refractivity contribution is -0.137. The molecule has 1 atom stereocenters. The Morgan fingerprint density at radius 1 is 1.23 bits per heavy atom. The van der Waals surface area contributed by atoms with Gasteiger partial charge in [0.25, 0.3) is 0 Å². The zero-order chi connectivity index (χ0) is 21.5. The summed E-state index contributed by atoms with van der Waals surface area (Å²) in [4.78, 5) is 5.60. The molecule has 160 valence electrons. The Labute approximate surface area is 170 Å². The van der Waals surface area contributed by atoms with Gasteiger partial charge in [0.1, 0.15) is 11.6 Å². The van der Waals surface area contributed by atoms with Gasteiger partial charge >= 0.3 is 6.18 Å². The topological polar surface area (TPSA) is 37.4 Å². The maximum Gasteiger partial charge on any atom is 0.418 e. The molecule has 1 aromatic carbocycles. The Morgan fingerprint density at radius 3 is 2.63 bits per heavy atom. The van der Waals surface area contributed by atoms with Crippen molar-refractivity contribution >= 4 is 5.69 Å². The van der Waals surface area contributed by atoms with Gasteiger partial charge in [-0.1, -0.05) is 6.07 Å². The predicted octanol–water partition coefficient (Wildman–Crippen LogP) is 4.98. The Bertz CT molecular complexity index is 969. The first-order valence-electron chi connectivity index (χ1n) is 9.64. The molecule has 0 saturated heterocycles. The molecule has 30 heavy (non-hydrogen) atoms. The number of rotatable bonds is 4. The number of ether oxygens (including phenoxy) is 1. The van der Waals surface area contributed by atoms with Crippen LogP contribution in [0.3, 0.4) is 0 Å². The van der Waals surface area contributed by atoms with E-state index in [-0.39, 0.29) is 30.3 Å². The van der Waals surface area contributed by atoms with Crippen LogP contribution < -0.4 is 15.0 Å². The van der Waals surface area contributed by atoms with Crippen LogP contribution in [0, 0.1) is 11.6 Å². The molecule has 4 nitrogen and oxygen atoms in total. The summed E-state index contributed by atoms with van der Waals surface area (Å²) in [6.45, 7) is 2.44. The summed E-state index contributed by atoms with van der Waals surface area (Å²) in [5, 5.41) is 3.15. The predicted molar refractivity (Wildman–Crippen MR) is 101 cm³/mol. The summed E-state index contributed by atoms with van der Waals surface area (Å²) in [5.74, 6) is -1.36. The van der Waals surface area contributed by atoms with Gasteiger partial charge in [-0.25, -0.2) is 13.8 Å². The van der Waals surface area contributed by atoms with Crippen molar-refractivity contribution in [3.8, 4) is 5.88 Å². The van der Waals surface area contributed by atoms with Crippen LogP contribution in [0.25, 0.3) is 0 Å². The van der Waals surface area contributed by atoms with Crippen molar-refractivity contribution in [3.63, 3.8) is 0 Å². The van der Waals surface area contributed by atoms with E-state index >= 15 is 0 Å². The summed E-state index contributed by atoms with van der Waals surface area (Å²) >= 11 is 0. The fourth-order valence-corrected chi connectivity index (χ4v) is 4.06. The third-order valence-corrected chi connectivity index (χ3v) is 5.38. The molecule has 2 aliphatic heterocycles. The number of hydrogen-bond donors (Lipinski definition) is 1. The van der Waals surface area contributed by atoms with E-state index in [0.29, 0.717) is 19.4 Å². The average Bonchev–Trinajstić information content (AvgIpc) is 3.10. The van der Waals surface area contributed by atoms with Crippen LogP contribution in [-0.2, 0) is 6.18 Å². The van der Waals surface area contributed by atoms with E-state index in [9.17, 15) is 22.0 Å². The van der Waals surface area contributed by atoms with Gasteiger partial charge in [0, 0.05) is 36.8 Å². The van der Waals surface area contributed by atoms with E-state index in [1.165, 1.54) is 24.4 Å². The van der Waals surface area contributed by atoms with Crippen LogP contribution >= 0.6 is 0 Å². The molecule has 0 saturated carbocycles. The number of aromatic nitrogens is 1. The SMILES string of the molecule is CCOc1cc(C(F)(F)F)c(N2CCC3=C(CC(c4c(F)cccc4F)N3)C2)cn1. The summed E-state index contributed by atoms with van der Waals surface area (Å²) in [7, 11) is 0. The number of nitrogens with one attached hydrogen (secondary N) is 1. The van der Waals surface area contributed by atoms with Crippen molar-refractivity contribution in [2.24, 2.45) is 0 Å². The Hall–Kier alpha value is -2.84. The first-order valence-corrected chi connectivity index (χ1v) is 9.64. The third kappa shape index (κ3) is 3.80. The molecule has 2 aromatic rings. The zero-order valence-corrected chi connectivity index (χ0v) is 16.2. The van der Waals surface area contributed by atoms with Gasteiger partial charge in [0.15, 0.2) is 0 Å². The highest BCUT2D eigenvalue weighted by Crippen LogP contribution is 2.41. The van der Waals surface area contributed by atoms with Crippen LogP contribution in [0.15, 0.2) is 41.7 Å². The fraction of sp³-hybridized carbons (Fsp3) is 0.381. The molecule has 0 bridgehead atoms. The van der Waals surface area contributed by atoms with Crippen LogP contribution in [-0.4, -0.2) is 24.7 Å². The lowest BCUT2D eigenvalue weighted by Crippen LogP contribution is -2.33. The zero-order valence-electron chi connectivity index (χ0n) is 16.2. The van der Waals surface area contributed by atoms with Crippen LogP contribution in [0.4, 0.5) is 27.6 Å². The molecule has 9 heteroatoms. The fourth-order valence-electron chi connectivity index (χ4n) is 4.06. The minimum absolute atomic E-state index is 0.0296. The van der Waals surface area contributed by atoms with Crippen molar-refractivity contribution in [2.45, 2.75) is 32.0 Å². The van der Waals surface area contributed by atoms with Crippen LogP contribution in [0.1, 0.15) is 36.9 Å². The van der Waals surface area contributed by atoms with E-state index in [0.717, 1.165) is 17.3 Å². The van der Waals surface area contributed by atoms with Crippen molar-refractivity contribution < 1.29 is 26.7 Å². The molecule has 1 N–H and O–H groups in total. The number of benzene rings is 1. The van der Waals surface area contributed by atoms with E-state index in [4.69, 9.17) is 4.74 Å². The molecule has 1 unspecified atom stereocenters. The van der Waals surface area contributed by atoms with Crippen molar-refractivity contribution in [1.82, 2.24) is 10.3 Å². The molecule has 3 heterocycles. The number of anilines is 1. The Balaban J connectivity index is 1.58. The lowest BCUT2D eigenvalue weighted by atomic mass is 9.99. The summed E-state index contributed by atoms with van der Waals surface area (Å²) < 4.78 is 74.4. The lowest BCUT2D eigenvalue weighted by Gasteiger charge is -2.31.